The van der Waals surface area contributed by atoms with E-state index in [2.05, 4.69) is 229 Å². The quantitative estimate of drug-likeness (QED) is 0.171. The summed E-state index contributed by atoms with van der Waals surface area (Å²) in [7, 11) is 0. The Bertz CT molecular complexity index is 3880. The molecule has 1 atom stereocenters. The molecule has 14 rings (SSSR count). The number of anilines is 3. The van der Waals surface area contributed by atoms with Gasteiger partial charge in [-0.05, 0) is 119 Å². The Labute approximate surface area is 369 Å². The van der Waals surface area contributed by atoms with E-state index in [1.807, 2.05) is 11.3 Å². The molecule has 0 radical (unpaired) electrons. The Balaban J connectivity index is 1.12. The van der Waals surface area contributed by atoms with E-state index < -0.39 is 5.41 Å². The van der Waals surface area contributed by atoms with Crippen molar-refractivity contribution < 1.29 is 0 Å². The lowest BCUT2D eigenvalue weighted by Gasteiger charge is -2.42. The van der Waals surface area contributed by atoms with E-state index in [1.54, 1.807) is 0 Å². The third kappa shape index (κ3) is 4.76. The van der Waals surface area contributed by atoms with E-state index >= 15 is 0 Å². The molecule has 12 aromatic rings. The van der Waals surface area contributed by atoms with E-state index in [4.69, 9.17) is 0 Å². The van der Waals surface area contributed by atoms with Crippen molar-refractivity contribution in [1.82, 2.24) is 0 Å². The average Bonchev–Trinajstić information content (AvgIpc) is 3.86. The highest BCUT2D eigenvalue weighted by Crippen LogP contribution is 2.64. The predicted octanol–water partition coefficient (Wildman–Crippen LogP) is 17.0. The molecule has 1 nitrogen and oxygen atoms in total. The standard InChI is InChI=1S/C61H37NS/c1-3-19-43-38(14-1)16-11-24-45(43)52-33-30-40-18-12-25-51-47-22-6-9-27-54(47)61(60(52)59(40)51)53-26-8-5-21-46(53)48-34-31-41(36-55(48)61)62(56-28-13-17-39-15-2-4-20-44(39)56)42-32-35-50-49-23-7-10-29-57(49)63-58(50)37-42/h1-37H. The molecule has 1 spiro atoms. The summed E-state index contributed by atoms with van der Waals surface area (Å²) in [5.74, 6) is 0. The van der Waals surface area contributed by atoms with Gasteiger partial charge in [0.1, 0.15) is 0 Å². The van der Waals surface area contributed by atoms with Crippen molar-refractivity contribution in [3.8, 4) is 33.4 Å². The normalized spacial score (nSPS) is 14.7. The lowest BCUT2D eigenvalue weighted by molar-refractivity contribution is 0.775. The number of hydrogen-bond acceptors (Lipinski definition) is 2. The lowest BCUT2D eigenvalue weighted by Crippen LogP contribution is -2.32. The topological polar surface area (TPSA) is 3.24 Å². The van der Waals surface area contributed by atoms with Crippen LogP contribution in [0.15, 0.2) is 224 Å². The van der Waals surface area contributed by atoms with Crippen molar-refractivity contribution in [2.75, 3.05) is 4.90 Å². The second-order valence-electron chi connectivity index (χ2n) is 17.1. The summed E-state index contributed by atoms with van der Waals surface area (Å²) in [6.07, 6.45) is 0. The van der Waals surface area contributed by atoms with Gasteiger partial charge in [-0.1, -0.05) is 188 Å². The van der Waals surface area contributed by atoms with Crippen molar-refractivity contribution in [2.24, 2.45) is 0 Å². The molecular weight excluding hydrogens is 779 g/mol. The summed E-state index contributed by atoms with van der Waals surface area (Å²) in [6, 6.07) is 84.5. The SMILES string of the molecule is c1ccc2c(c1)-c1ccc(N(c3ccc4c(c3)sc3ccccc34)c3cccc4ccccc34)cc1C21c2ccccc2-c2cccc3ccc(-c4cccc5ccccc45)c1c23. The Morgan fingerprint density at radius 3 is 1.68 bits per heavy atom. The molecule has 2 heteroatoms. The molecule has 63 heavy (non-hydrogen) atoms. The monoisotopic (exact) mass is 815 g/mol. The van der Waals surface area contributed by atoms with Crippen molar-refractivity contribution in [3.63, 3.8) is 0 Å². The van der Waals surface area contributed by atoms with Gasteiger partial charge in [-0.15, -0.1) is 11.3 Å². The van der Waals surface area contributed by atoms with Gasteiger partial charge < -0.3 is 4.90 Å². The van der Waals surface area contributed by atoms with Crippen LogP contribution < -0.4 is 4.90 Å². The van der Waals surface area contributed by atoms with Crippen LogP contribution in [0.4, 0.5) is 17.1 Å². The van der Waals surface area contributed by atoms with Gasteiger partial charge in [-0.25, -0.2) is 0 Å². The van der Waals surface area contributed by atoms with Gasteiger partial charge in [0.05, 0.1) is 11.1 Å². The zero-order valence-electron chi connectivity index (χ0n) is 34.2. The average molecular weight is 816 g/mol. The van der Waals surface area contributed by atoms with Crippen molar-refractivity contribution in [3.05, 3.63) is 247 Å². The molecule has 0 amide bonds. The first kappa shape index (κ1) is 34.9. The summed E-state index contributed by atoms with van der Waals surface area (Å²) >= 11 is 1.87. The molecule has 0 aliphatic heterocycles. The zero-order valence-corrected chi connectivity index (χ0v) is 35.0. The molecule has 1 aromatic heterocycles. The Hall–Kier alpha value is -7.78. The van der Waals surface area contributed by atoms with Crippen LogP contribution in [0.3, 0.4) is 0 Å². The fraction of sp³-hybridized carbons (Fsp3) is 0.0164. The minimum absolute atomic E-state index is 0.626. The summed E-state index contributed by atoms with van der Waals surface area (Å²) in [5.41, 5.74) is 15.8. The molecule has 0 saturated carbocycles. The molecule has 0 N–H and O–H groups in total. The minimum atomic E-state index is -0.626. The Morgan fingerprint density at radius 1 is 0.317 bits per heavy atom. The maximum atomic E-state index is 2.54. The van der Waals surface area contributed by atoms with E-state index in [9.17, 15) is 0 Å². The number of nitrogens with zero attached hydrogens (tertiary/aromatic N) is 1. The largest absolute Gasteiger partial charge is 0.310 e. The van der Waals surface area contributed by atoms with Crippen LogP contribution in [0, 0.1) is 0 Å². The van der Waals surface area contributed by atoms with E-state index in [0.29, 0.717) is 0 Å². The molecule has 1 unspecified atom stereocenters. The van der Waals surface area contributed by atoms with Crippen LogP contribution in [-0.2, 0) is 5.41 Å². The maximum Gasteiger partial charge on any atom is 0.0732 e. The van der Waals surface area contributed by atoms with Crippen LogP contribution in [0.1, 0.15) is 22.3 Å². The Kier molecular flexibility index (Phi) is 7.26. The molecule has 292 valence electrons. The van der Waals surface area contributed by atoms with Gasteiger partial charge in [0.25, 0.3) is 0 Å². The maximum absolute atomic E-state index is 2.54. The van der Waals surface area contributed by atoms with Gasteiger partial charge >= 0.3 is 0 Å². The van der Waals surface area contributed by atoms with Crippen molar-refractivity contribution >= 4 is 80.9 Å². The van der Waals surface area contributed by atoms with Crippen LogP contribution in [0.25, 0.3) is 85.9 Å². The van der Waals surface area contributed by atoms with Gasteiger partial charge in [-0.2, -0.15) is 0 Å². The third-order valence-corrected chi connectivity index (χ3v) is 15.2. The molecule has 2 aliphatic rings. The number of rotatable bonds is 4. The van der Waals surface area contributed by atoms with Crippen LogP contribution in [0.5, 0.6) is 0 Å². The van der Waals surface area contributed by atoms with Gasteiger partial charge in [0, 0.05) is 36.9 Å². The fourth-order valence-electron chi connectivity index (χ4n) is 11.5. The van der Waals surface area contributed by atoms with Crippen molar-refractivity contribution in [1.29, 1.82) is 0 Å². The van der Waals surface area contributed by atoms with Crippen molar-refractivity contribution in [2.45, 2.75) is 5.41 Å². The first-order valence-corrected chi connectivity index (χ1v) is 22.7. The molecule has 0 saturated heterocycles. The smallest absolute Gasteiger partial charge is 0.0732 e. The molecule has 11 aromatic carbocycles. The highest BCUT2D eigenvalue weighted by atomic mass is 32.1. The minimum Gasteiger partial charge on any atom is -0.310 e. The van der Waals surface area contributed by atoms with Gasteiger partial charge in [-0.3, -0.25) is 0 Å². The molecular formula is C61H37NS. The number of hydrogen-bond donors (Lipinski definition) is 0. The highest BCUT2D eigenvalue weighted by molar-refractivity contribution is 7.25. The molecule has 1 heterocycles. The summed E-state index contributed by atoms with van der Waals surface area (Å²) < 4.78 is 2.60. The highest BCUT2D eigenvalue weighted by Gasteiger charge is 2.51. The predicted molar refractivity (Wildman–Crippen MR) is 268 cm³/mol. The molecule has 0 bridgehead atoms. The van der Waals surface area contributed by atoms with Gasteiger partial charge in [0.2, 0.25) is 0 Å². The number of benzene rings is 11. The summed E-state index contributed by atoms with van der Waals surface area (Å²) in [4.78, 5) is 2.51. The fourth-order valence-corrected chi connectivity index (χ4v) is 12.6. The summed E-state index contributed by atoms with van der Waals surface area (Å²) in [5, 5.41) is 10.1. The van der Waals surface area contributed by atoms with Crippen LogP contribution in [0.2, 0.25) is 0 Å². The molecule has 2 aliphatic carbocycles. The Morgan fingerprint density at radius 2 is 0.857 bits per heavy atom. The first-order valence-electron chi connectivity index (χ1n) is 21.8. The third-order valence-electron chi connectivity index (χ3n) is 14.0. The number of fused-ring (bicyclic) bond motifs is 14. The van der Waals surface area contributed by atoms with E-state index in [0.717, 1.165) is 17.1 Å². The second-order valence-corrected chi connectivity index (χ2v) is 18.2. The number of thiophene rings is 1. The van der Waals surface area contributed by atoms with Gasteiger partial charge in [0.15, 0.2) is 0 Å². The van der Waals surface area contributed by atoms with E-state index in [1.165, 1.54) is 108 Å². The van der Waals surface area contributed by atoms with Crippen LogP contribution in [-0.4, -0.2) is 0 Å². The second kappa shape index (κ2) is 13.1. The van der Waals surface area contributed by atoms with Crippen LogP contribution >= 0.6 is 11.3 Å². The lowest BCUT2D eigenvalue weighted by atomic mass is 9.60. The summed E-state index contributed by atoms with van der Waals surface area (Å²) in [6.45, 7) is 0. The first-order chi connectivity index (χ1) is 31.3. The van der Waals surface area contributed by atoms with E-state index in [-0.39, 0.29) is 0 Å². The zero-order chi connectivity index (χ0) is 41.2. The molecule has 0 fully saturated rings.